The van der Waals surface area contributed by atoms with Crippen LogP contribution < -0.4 is 0 Å². The third-order valence-corrected chi connectivity index (χ3v) is 1.32. The molecule has 0 bridgehead atoms. The van der Waals surface area contributed by atoms with Crippen LogP contribution >= 0.6 is 0 Å². The van der Waals surface area contributed by atoms with Crippen molar-refractivity contribution in [3.05, 3.63) is 12.2 Å². The van der Waals surface area contributed by atoms with E-state index >= 15 is 0 Å². The molecule has 2 rings (SSSR count). The maximum absolute atomic E-state index is 5.07. The van der Waals surface area contributed by atoms with E-state index < -0.39 is 0 Å². The molecule has 1 fully saturated rings. The maximum Gasteiger partial charge on any atom is 0.103 e. The molecule has 0 aromatic carbocycles. The molecule has 0 aromatic rings. The molecule has 32 valence electrons. The summed E-state index contributed by atoms with van der Waals surface area (Å²) < 4.78 is 5.07. The van der Waals surface area contributed by atoms with E-state index in [1.165, 1.54) is 0 Å². The summed E-state index contributed by atoms with van der Waals surface area (Å²) >= 11 is 0. The molecule has 0 aromatic heterocycles. The van der Waals surface area contributed by atoms with Gasteiger partial charge in [0.1, 0.15) is 6.10 Å². The molecule has 0 radical (unpaired) electrons. The van der Waals surface area contributed by atoms with E-state index in [1.54, 1.807) is 0 Å². The molecule has 0 saturated carbocycles. The minimum Gasteiger partial charge on any atom is -0.365 e. The molecule has 1 saturated heterocycles. The first kappa shape index (κ1) is 2.80. The van der Waals surface area contributed by atoms with Crippen LogP contribution in [0.5, 0.6) is 0 Å². The molecule has 0 spiro atoms. The Hall–Kier alpha value is -0.300. The van der Waals surface area contributed by atoms with Crippen LogP contribution in [0.1, 0.15) is 6.42 Å². The molecule has 1 heterocycles. The van der Waals surface area contributed by atoms with Gasteiger partial charge in [-0.3, -0.25) is 0 Å². The number of rotatable bonds is 0. The highest BCUT2D eigenvalue weighted by Crippen LogP contribution is 2.31. The Balaban J connectivity index is 2.26. The molecule has 0 amide bonds. The van der Waals surface area contributed by atoms with E-state index in [2.05, 4.69) is 12.2 Å². The van der Waals surface area contributed by atoms with Crippen LogP contribution in [0, 0.1) is 0 Å². The van der Waals surface area contributed by atoms with E-state index in [0.29, 0.717) is 12.2 Å². The minimum absolute atomic E-state index is 0.532. The average molecular weight is 82.1 g/mol. The summed E-state index contributed by atoms with van der Waals surface area (Å²) in [5.41, 5.74) is 0. The minimum atomic E-state index is 0.532. The van der Waals surface area contributed by atoms with Crippen LogP contribution in [0.15, 0.2) is 12.2 Å². The van der Waals surface area contributed by atoms with Crippen molar-refractivity contribution in [3.63, 3.8) is 0 Å². The van der Waals surface area contributed by atoms with E-state index in [9.17, 15) is 0 Å². The Bertz CT molecular complexity index is 96.1. The van der Waals surface area contributed by atoms with E-state index in [4.69, 9.17) is 4.74 Å². The molecule has 6 heavy (non-hydrogen) atoms. The van der Waals surface area contributed by atoms with Gasteiger partial charge in [0.15, 0.2) is 0 Å². The topological polar surface area (TPSA) is 12.5 Å². The van der Waals surface area contributed by atoms with Crippen LogP contribution in [0.2, 0.25) is 0 Å². The monoisotopic (exact) mass is 82.0 g/mol. The maximum atomic E-state index is 5.07. The second-order valence-corrected chi connectivity index (χ2v) is 1.80. The molecule has 1 aliphatic heterocycles. The molecule has 2 aliphatic rings. The lowest BCUT2D eigenvalue weighted by Crippen LogP contribution is -1.75. The lowest BCUT2D eigenvalue weighted by atomic mass is 10.4. The number of epoxide rings is 1. The summed E-state index contributed by atoms with van der Waals surface area (Å²) in [7, 11) is 0. The lowest BCUT2D eigenvalue weighted by molar-refractivity contribution is 0.382. The van der Waals surface area contributed by atoms with Gasteiger partial charge in [-0.15, -0.1) is 0 Å². The van der Waals surface area contributed by atoms with Gasteiger partial charge in [0.2, 0.25) is 0 Å². The Kier molecular flexibility index (Phi) is 0.320. The number of hydrogen-bond donors (Lipinski definition) is 0. The second kappa shape index (κ2) is 0.684. The molecule has 2 atom stereocenters. The largest absolute Gasteiger partial charge is 0.365 e. The van der Waals surface area contributed by atoms with Crippen LogP contribution in [-0.4, -0.2) is 12.2 Å². The number of fused-ring (bicyclic) bond motifs is 1. The van der Waals surface area contributed by atoms with Crippen molar-refractivity contribution in [2.24, 2.45) is 0 Å². The van der Waals surface area contributed by atoms with Gasteiger partial charge in [0, 0.05) is 0 Å². The fraction of sp³-hybridized carbons (Fsp3) is 0.600. The molecule has 1 nitrogen and oxygen atoms in total. The van der Waals surface area contributed by atoms with Gasteiger partial charge in [-0.1, -0.05) is 12.2 Å². The average Bonchev–Trinajstić information content (AvgIpc) is 2.17. The predicted molar refractivity (Wildman–Crippen MR) is 22.4 cm³/mol. The van der Waals surface area contributed by atoms with Gasteiger partial charge in [-0.2, -0.15) is 0 Å². The van der Waals surface area contributed by atoms with Gasteiger partial charge >= 0.3 is 0 Å². The van der Waals surface area contributed by atoms with Crippen LogP contribution in [-0.2, 0) is 4.74 Å². The predicted octanol–water partition coefficient (Wildman–Crippen LogP) is 0.714. The summed E-state index contributed by atoms with van der Waals surface area (Å²) in [6, 6.07) is 0. The first-order valence-electron chi connectivity index (χ1n) is 2.29. The summed E-state index contributed by atoms with van der Waals surface area (Å²) in [4.78, 5) is 0. The molecule has 0 N–H and O–H groups in total. The van der Waals surface area contributed by atoms with Crippen molar-refractivity contribution in [1.82, 2.24) is 0 Å². The second-order valence-electron chi connectivity index (χ2n) is 1.80. The number of hydrogen-bond acceptors (Lipinski definition) is 1. The molecular formula is C5H6O. The normalized spacial score (nSPS) is 49.3. The van der Waals surface area contributed by atoms with Gasteiger partial charge in [0.25, 0.3) is 0 Å². The van der Waals surface area contributed by atoms with Crippen LogP contribution in [0.4, 0.5) is 0 Å². The Morgan fingerprint density at radius 2 is 2.67 bits per heavy atom. The Labute approximate surface area is 36.6 Å². The zero-order valence-electron chi connectivity index (χ0n) is 3.42. The highest BCUT2D eigenvalue weighted by molar-refractivity contribution is 5.12. The third-order valence-electron chi connectivity index (χ3n) is 1.32. The summed E-state index contributed by atoms with van der Waals surface area (Å²) in [5, 5.41) is 0. The highest BCUT2D eigenvalue weighted by atomic mass is 16.6. The van der Waals surface area contributed by atoms with Crippen molar-refractivity contribution in [3.8, 4) is 0 Å². The molecule has 1 aliphatic carbocycles. The first-order chi connectivity index (χ1) is 2.97. The third kappa shape index (κ3) is 0.197. The van der Waals surface area contributed by atoms with E-state index in [1.807, 2.05) is 0 Å². The van der Waals surface area contributed by atoms with Gasteiger partial charge in [0.05, 0.1) is 6.10 Å². The Morgan fingerprint density at radius 1 is 1.67 bits per heavy atom. The first-order valence-corrected chi connectivity index (χ1v) is 2.29. The SMILES string of the molecule is C1=C[C@@H]2O[C@H]2C1. The number of ether oxygens (including phenoxy) is 1. The highest BCUT2D eigenvalue weighted by Gasteiger charge is 2.38. The van der Waals surface area contributed by atoms with Gasteiger partial charge in [-0.25, -0.2) is 0 Å². The van der Waals surface area contributed by atoms with Gasteiger partial charge < -0.3 is 4.74 Å². The summed E-state index contributed by atoms with van der Waals surface area (Å²) in [5.74, 6) is 0. The smallest absolute Gasteiger partial charge is 0.103 e. The van der Waals surface area contributed by atoms with Gasteiger partial charge in [-0.05, 0) is 6.42 Å². The lowest BCUT2D eigenvalue weighted by Gasteiger charge is -1.71. The van der Waals surface area contributed by atoms with Crippen molar-refractivity contribution in [1.29, 1.82) is 0 Å². The Morgan fingerprint density at radius 3 is 2.83 bits per heavy atom. The fourth-order valence-electron chi connectivity index (χ4n) is 0.862. The molecular weight excluding hydrogens is 76.1 g/mol. The molecule has 0 unspecified atom stereocenters. The standard InChI is InChI=1S/C5H6O/c1-2-4-5(3-1)6-4/h1-2,4-5H,3H2/t4-,5-/m0/s1. The zero-order chi connectivity index (χ0) is 3.98. The van der Waals surface area contributed by atoms with Crippen molar-refractivity contribution < 1.29 is 4.74 Å². The van der Waals surface area contributed by atoms with Crippen molar-refractivity contribution >= 4 is 0 Å². The van der Waals surface area contributed by atoms with Crippen LogP contribution in [0.25, 0.3) is 0 Å². The van der Waals surface area contributed by atoms with E-state index in [-0.39, 0.29) is 0 Å². The van der Waals surface area contributed by atoms with E-state index in [0.717, 1.165) is 6.42 Å². The fourth-order valence-corrected chi connectivity index (χ4v) is 0.862. The van der Waals surface area contributed by atoms with Crippen molar-refractivity contribution in [2.75, 3.05) is 0 Å². The summed E-state index contributed by atoms with van der Waals surface area (Å²) in [6.45, 7) is 0. The van der Waals surface area contributed by atoms with Crippen molar-refractivity contribution in [2.45, 2.75) is 18.6 Å². The summed E-state index contributed by atoms with van der Waals surface area (Å²) in [6.07, 6.45) is 6.60. The zero-order valence-corrected chi connectivity index (χ0v) is 3.42. The van der Waals surface area contributed by atoms with Crippen LogP contribution in [0.3, 0.4) is 0 Å². The molecule has 1 heteroatoms. The quantitative estimate of drug-likeness (QED) is 0.310.